The summed E-state index contributed by atoms with van der Waals surface area (Å²) >= 11 is 0. The number of aromatic nitrogens is 6. The molecule has 4 aromatic heterocycles. The molecule has 0 fully saturated rings. The summed E-state index contributed by atoms with van der Waals surface area (Å²) in [6.45, 7) is 1.39. The lowest BCUT2D eigenvalue weighted by atomic mass is 10.2. The van der Waals surface area contributed by atoms with E-state index in [1.807, 2.05) is 0 Å². The smallest absolute Gasteiger partial charge is 0.277 e. The molecule has 1 amide bonds. The number of carbonyl (C=O) groups is 1. The van der Waals surface area contributed by atoms with E-state index in [4.69, 9.17) is 0 Å². The molecule has 0 unspecified atom stereocenters. The lowest BCUT2D eigenvalue weighted by molar-refractivity contribution is -0.137. The van der Waals surface area contributed by atoms with E-state index in [0.29, 0.717) is 0 Å². The maximum Gasteiger partial charge on any atom is 0.416 e. The Bertz CT molecular complexity index is 1460. The second-order valence-electron chi connectivity index (χ2n) is 6.44. The summed E-state index contributed by atoms with van der Waals surface area (Å²) < 4.78 is 66.7. The van der Waals surface area contributed by atoms with E-state index in [1.54, 1.807) is 0 Å². The zero-order valence-electron chi connectivity index (χ0n) is 16.5. The molecule has 0 atom stereocenters. The number of hydroxylamine groups is 1. The van der Waals surface area contributed by atoms with Crippen molar-refractivity contribution in [2.75, 3.05) is 12.9 Å². The first-order chi connectivity index (χ1) is 15.1. The van der Waals surface area contributed by atoms with Crippen LogP contribution in [0.3, 0.4) is 0 Å². The normalized spacial score (nSPS) is 12.5. The van der Waals surface area contributed by atoms with Gasteiger partial charge in [-0.3, -0.25) is 9.63 Å². The van der Waals surface area contributed by atoms with E-state index in [1.165, 1.54) is 26.3 Å². The van der Waals surface area contributed by atoms with E-state index in [2.05, 4.69) is 30.5 Å². The molecule has 4 aromatic rings. The maximum atomic E-state index is 13.0. The number of hydrogen-bond acceptors (Lipinski definition) is 8. The van der Waals surface area contributed by atoms with Gasteiger partial charge in [0.1, 0.15) is 11.3 Å². The number of rotatable bonds is 5. The number of carbonyl (C=O) groups excluding carboxylic acids is 1. The summed E-state index contributed by atoms with van der Waals surface area (Å²) in [6.07, 6.45) is -2.30. The van der Waals surface area contributed by atoms with Crippen LogP contribution in [0.15, 0.2) is 35.6 Å². The summed E-state index contributed by atoms with van der Waals surface area (Å²) in [7, 11) is -2.75. The summed E-state index contributed by atoms with van der Waals surface area (Å²) in [5.74, 6) is -1.29. The Morgan fingerprint density at radius 2 is 2.00 bits per heavy atom. The average Bonchev–Trinajstić information content (AvgIpc) is 3.33. The Labute approximate surface area is 177 Å². The summed E-state index contributed by atoms with van der Waals surface area (Å²) in [6, 6.07) is 2.88. The number of nitrogens with one attached hydrogen (secondary N) is 1. The van der Waals surface area contributed by atoms with Gasteiger partial charge < -0.3 is 0 Å². The Morgan fingerprint density at radius 3 is 2.66 bits per heavy atom. The highest BCUT2D eigenvalue weighted by atomic mass is 32.2. The molecular formula is C17H14F3N7O4S. The van der Waals surface area contributed by atoms with Crippen LogP contribution in [0.4, 0.5) is 13.2 Å². The molecule has 0 spiro atoms. The third-order valence-electron chi connectivity index (χ3n) is 4.48. The lowest BCUT2D eigenvalue weighted by Crippen LogP contribution is -2.24. The van der Waals surface area contributed by atoms with Crippen molar-refractivity contribution >= 4 is 27.0 Å². The number of alkyl halides is 3. The molecule has 0 saturated carbocycles. The minimum absolute atomic E-state index is 0.0762. The van der Waals surface area contributed by atoms with Gasteiger partial charge in [0.25, 0.3) is 5.91 Å². The number of amides is 1. The van der Waals surface area contributed by atoms with Crippen molar-refractivity contribution in [3.8, 4) is 11.4 Å². The zero-order chi connectivity index (χ0) is 23.3. The van der Waals surface area contributed by atoms with Crippen LogP contribution in [-0.2, 0) is 20.9 Å². The summed E-state index contributed by atoms with van der Waals surface area (Å²) in [5.41, 5.74) is 0.674. The predicted molar refractivity (Wildman–Crippen MR) is 102 cm³/mol. The fourth-order valence-corrected chi connectivity index (χ4v) is 3.93. The molecule has 0 saturated heterocycles. The van der Waals surface area contributed by atoms with Gasteiger partial charge in [-0.25, -0.2) is 32.9 Å². The van der Waals surface area contributed by atoms with Crippen LogP contribution in [0.5, 0.6) is 0 Å². The molecule has 0 aliphatic rings. The summed E-state index contributed by atoms with van der Waals surface area (Å²) in [4.78, 5) is 25.1. The van der Waals surface area contributed by atoms with E-state index in [-0.39, 0.29) is 34.1 Å². The molecule has 168 valence electrons. The molecule has 0 bridgehead atoms. The number of pyridine rings is 1. The number of nitrogens with zero attached hydrogens (tertiary/aromatic N) is 6. The van der Waals surface area contributed by atoms with Crippen molar-refractivity contribution in [1.29, 1.82) is 0 Å². The van der Waals surface area contributed by atoms with Crippen LogP contribution in [0, 0.1) is 0 Å². The van der Waals surface area contributed by atoms with Crippen LogP contribution in [0.1, 0.15) is 23.0 Å². The molecule has 15 heteroatoms. The number of sulfone groups is 1. The molecule has 4 heterocycles. The van der Waals surface area contributed by atoms with Crippen molar-refractivity contribution in [1.82, 2.24) is 34.7 Å². The van der Waals surface area contributed by atoms with Gasteiger partial charge in [-0.15, -0.1) is 5.10 Å². The Morgan fingerprint density at radius 1 is 1.25 bits per heavy atom. The molecule has 4 rings (SSSR count). The molecule has 0 aliphatic carbocycles. The van der Waals surface area contributed by atoms with Crippen molar-refractivity contribution in [3.05, 3.63) is 41.9 Å². The molecule has 0 aliphatic heterocycles. The van der Waals surface area contributed by atoms with Gasteiger partial charge >= 0.3 is 6.18 Å². The topological polar surface area (TPSA) is 133 Å². The van der Waals surface area contributed by atoms with Gasteiger partial charge in [-0.1, -0.05) is 6.92 Å². The van der Waals surface area contributed by atoms with Crippen LogP contribution in [0.25, 0.3) is 22.7 Å². The fraction of sp³-hybridized carbons (Fsp3) is 0.235. The summed E-state index contributed by atoms with van der Waals surface area (Å²) in [5, 5.41) is 7.68. The second kappa shape index (κ2) is 7.52. The van der Waals surface area contributed by atoms with Crippen LogP contribution in [-0.4, -0.2) is 56.4 Å². The maximum absolute atomic E-state index is 13.0. The highest BCUT2D eigenvalue weighted by Gasteiger charge is 2.32. The number of fused-ring (bicyclic) bond motifs is 2. The van der Waals surface area contributed by atoms with Crippen molar-refractivity contribution in [2.24, 2.45) is 0 Å². The highest BCUT2D eigenvalue weighted by molar-refractivity contribution is 7.91. The van der Waals surface area contributed by atoms with Gasteiger partial charge in [-0.05, 0) is 18.2 Å². The first kappa shape index (κ1) is 21.6. The number of halogens is 3. The first-order valence-corrected chi connectivity index (χ1v) is 10.6. The Balaban J connectivity index is 2.02. The number of hydrogen-bond donors (Lipinski definition) is 1. The zero-order valence-corrected chi connectivity index (χ0v) is 17.3. The van der Waals surface area contributed by atoms with E-state index in [0.717, 1.165) is 27.4 Å². The molecule has 32 heavy (non-hydrogen) atoms. The second-order valence-corrected chi connectivity index (χ2v) is 8.63. The van der Waals surface area contributed by atoms with Gasteiger partial charge in [0.2, 0.25) is 0 Å². The van der Waals surface area contributed by atoms with E-state index < -0.39 is 32.5 Å². The van der Waals surface area contributed by atoms with E-state index in [9.17, 15) is 26.4 Å². The van der Waals surface area contributed by atoms with Crippen molar-refractivity contribution < 1.29 is 31.2 Å². The van der Waals surface area contributed by atoms with Crippen LogP contribution >= 0.6 is 0 Å². The monoisotopic (exact) mass is 469 g/mol. The quantitative estimate of drug-likeness (QED) is 0.435. The molecule has 1 N–H and O–H groups in total. The third-order valence-corrected chi connectivity index (χ3v) is 6.11. The minimum atomic E-state index is -4.60. The van der Waals surface area contributed by atoms with Crippen molar-refractivity contribution in [2.45, 2.75) is 18.1 Å². The highest BCUT2D eigenvalue weighted by Crippen LogP contribution is 2.32. The Hall–Kier alpha value is -3.59. The minimum Gasteiger partial charge on any atom is -0.277 e. The van der Waals surface area contributed by atoms with Gasteiger partial charge in [0.05, 0.1) is 18.4 Å². The SMILES string of the molecule is CCS(=O)(=O)c1nn2c(C(=O)NOC)ccnc2c1-c1nc2cc(C(F)(F)F)ccn2n1. The third kappa shape index (κ3) is 3.54. The van der Waals surface area contributed by atoms with Crippen LogP contribution in [0.2, 0.25) is 0 Å². The van der Waals surface area contributed by atoms with Gasteiger partial charge in [0, 0.05) is 12.4 Å². The molecule has 0 radical (unpaired) electrons. The molecular weight excluding hydrogens is 455 g/mol. The molecule has 11 nitrogen and oxygen atoms in total. The van der Waals surface area contributed by atoms with Gasteiger partial charge in [0.15, 0.2) is 32.0 Å². The first-order valence-electron chi connectivity index (χ1n) is 8.94. The van der Waals surface area contributed by atoms with Crippen molar-refractivity contribution in [3.63, 3.8) is 0 Å². The predicted octanol–water partition coefficient (Wildman–Crippen LogP) is 1.54. The van der Waals surface area contributed by atoms with Crippen LogP contribution < -0.4 is 5.48 Å². The average molecular weight is 469 g/mol. The lowest BCUT2D eigenvalue weighted by Gasteiger charge is -2.05. The molecule has 0 aromatic carbocycles. The van der Waals surface area contributed by atoms with Gasteiger partial charge in [-0.2, -0.15) is 18.3 Å². The fourth-order valence-electron chi connectivity index (χ4n) is 2.96. The Kier molecular flexibility index (Phi) is 5.09. The van der Waals surface area contributed by atoms with E-state index >= 15 is 0 Å². The standard InChI is InChI=1S/C17H14F3N7O4S/c1-3-32(29,30)16-12(14-21-6-4-10(27(14)24-16)15(28)25-31-2)13-22-11-8-9(17(18,19)20)5-7-26(11)23-13/h4-8H,3H2,1-2H3,(H,25,28). The largest absolute Gasteiger partial charge is 0.416 e.